The monoisotopic (exact) mass is 270 g/mol. The number of amides is 1. The zero-order chi connectivity index (χ0) is 13.7. The summed E-state index contributed by atoms with van der Waals surface area (Å²) in [6.07, 6.45) is 2.84. The number of carbonyl (C=O) groups is 1. The molecule has 0 spiro atoms. The van der Waals surface area contributed by atoms with Gasteiger partial charge in [0.2, 0.25) is 5.91 Å². The van der Waals surface area contributed by atoms with Crippen molar-refractivity contribution in [3.05, 3.63) is 0 Å². The van der Waals surface area contributed by atoms with Gasteiger partial charge in [-0.2, -0.15) is 0 Å². The van der Waals surface area contributed by atoms with Crippen molar-refractivity contribution in [1.29, 1.82) is 0 Å². The van der Waals surface area contributed by atoms with Gasteiger partial charge in [0.1, 0.15) is 0 Å². The Labute approximate surface area is 115 Å². The summed E-state index contributed by atoms with van der Waals surface area (Å²) in [5.41, 5.74) is -0.1000. The van der Waals surface area contributed by atoms with Crippen LogP contribution in [0.25, 0.3) is 0 Å². The minimum Gasteiger partial charge on any atom is -0.381 e. The molecular weight excluding hydrogens is 244 g/mol. The molecule has 0 aromatic rings. The smallest absolute Gasteiger partial charge is 0.234 e. The highest BCUT2D eigenvalue weighted by Gasteiger charge is 2.31. The Morgan fingerprint density at radius 3 is 2.79 bits per heavy atom. The molecule has 110 valence electrons. The number of rotatable bonds is 4. The number of nitrogens with one attached hydrogen (secondary N) is 1. The number of hydrogen-bond acceptors (Lipinski definition) is 4. The van der Waals surface area contributed by atoms with Crippen molar-refractivity contribution in [3.8, 4) is 0 Å². The third kappa shape index (κ3) is 4.44. The van der Waals surface area contributed by atoms with E-state index in [1.54, 1.807) is 0 Å². The summed E-state index contributed by atoms with van der Waals surface area (Å²) in [6.45, 7) is 8.65. The molecule has 2 saturated heterocycles. The summed E-state index contributed by atoms with van der Waals surface area (Å²) < 4.78 is 11.1. The first-order chi connectivity index (χ1) is 9.11. The van der Waals surface area contributed by atoms with Crippen LogP contribution < -0.4 is 5.32 Å². The molecule has 2 aliphatic heterocycles. The van der Waals surface area contributed by atoms with Crippen molar-refractivity contribution in [3.63, 3.8) is 0 Å². The van der Waals surface area contributed by atoms with Gasteiger partial charge in [-0.15, -0.1) is 0 Å². The molecule has 5 nitrogen and oxygen atoms in total. The molecule has 2 aliphatic rings. The highest BCUT2D eigenvalue weighted by molar-refractivity contribution is 5.78. The molecule has 2 heterocycles. The van der Waals surface area contributed by atoms with Crippen LogP contribution in [0.15, 0.2) is 0 Å². The first-order valence-corrected chi connectivity index (χ1v) is 7.35. The van der Waals surface area contributed by atoms with Gasteiger partial charge in [-0.3, -0.25) is 9.69 Å². The standard InChI is InChI=1S/C14H26N2O3/c1-3-14(2)11-16(6-9-19-14)10-13(17)15-12-4-7-18-8-5-12/h12H,3-11H2,1-2H3,(H,15,17)/t14-/m1/s1. The molecule has 0 radical (unpaired) electrons. The van der Waals surface area contributed by atoms with Crippen LogP contribution in [0.3, 0.4) is 0 Å². The quantitative estimate of drug-likeness (QED) is 0.820. The summed E-state index contributed by atoms with van der Waals surface area (Å²) >= 11 is 0. The number of carbonyl (C=O) groups excluding carboxylic acids is 1. The Morgan fingerprint density at radius 2 is 2.11 bits per heavy atom. The molecule has 0 aromatic carbocycles. The maximum atomic E-state index is 12.0. The van der Waals surface area contributed by atoms with Crippen LogP contribution in [0.5, 0.6) is 0 Å². The number of ether oxygens (including phenoxy) is 2. The van der Waals surface area contributed by atoms with Gasteiger partial charge in [-0.1, -0.05) is 6.92 Å². The highest BCUT2D eigenvalue weighted by atomic mass is 16.5. The summed E-state index contributed by atoms with van der Waals surface area (Å²) in [4.78, 5) is 14.2. The largest absolute Gasteiger partial charge is 0.381 e. The normalized spacial score (nSPS) is 30.2. The molecule has 0 bridgehead atoms. The molecular formula is C14H26N2O3. The van der Waals surface area contributed by atoms with Crippen molar-refractivity contribution in [2.24, 2.45) is 0 Å². The third-order valence-corrected chi connectivity index (χ3v) is 4.12. The van der Waals surface area contributed by atoms with E-state index in [1.807, 2.05) is 0 Å². The summed E-state index contributed by atoms with van der Waals surface area (Å²) in [5.74, 6) is 0.132. The Balaban J connectivity index is 1.75. The van der Waals surface area contributed by atoms with Gasteiger partial charge in [-0.05, 0) is 26.2 Å². The van der Waals surface area contributed by atoms with Gasteiger partial charge >= 0.3 is 0 Å². The molecule has 1 N–H and O–H groups in total. The molecule has 2 fully saturated rings. The van der Waals surface area contributed by atoms with E-state index in [4.69, 9.17) is 9.47 Å². The van der Waals surface area contributed by atoms with E-state index in [0.29, 0.717) is 12.6 Å². The zero-order valence-electron chi connectivity index (χ0n) is 12.1. The fourth-order valence-corrected chi connectivity index (χ4v) is 2.69. The molecule has 5 heteroatoms. The second-order valence-electron chi connectivity index (χ2n) is 5.82. The lowest BCUT2D eigenvalue weighted by Crippen LogP contribution is -2.53. The van der Waals surface area contributed by atoms with Gasteiger partial charge in [0, 0.05) is 32.3 Å². The van der Waals surface area contributed by atoms with E-state index in [1.165, 1.54) is 0 Å². The number of nitrogens with zero attached hydrogens (tertiary/aromatic N) is 1. The predicted molar refractivity (Wildman–Crippen MR) is 73.1 cm³/mol. The number of morpholine rings is 1. The molecule has 0 aromatic heterocycles. The molecule has 1 amide bonds. The van der Waals surface area contributed by atoms with Gasteiger partial charge in [0.05, 0.1) is 18.8 Å². The Morgan fingerprint density at radius 1 is 1.37 bits per heavy atom. The average molecular weight is 270 g/mol. The maximum Gasteiger partial charge on any atom is 0.234 e. The molecule has 0 aliphatic carbocycles. The lowest BCUT2D eigenvalue weighted by atomic mass is 10.0. The summed E-state index contributed by atoms with van der Waals surface area (Å²) in [7, 11) is 0. The second kappa shape index (κ2) is 6.68. The lowest BCUT2D eigenvalue weighted by molar-refractivity contribution is -0.130. The van der Waals surface area contributed by atoms with E-state index in [-0.39, 0.29) is 11.5 Å². The van der Waals surface area contributed by atoms with Crippen LogP contribution >= 0.6 is 0 Å². The third-order valence-electron chi connectivity index (χ3n) is 4.12. The minimum atomic E-state index is -0.1000. The van der Waals surface area contributed by atoms with Gasteiger partial charge in [0.15, 0.2) is 0 Å². The Hall–Kier alpha value is -0.650. The van der Waals surface area contributed by atoms with Crippen LogP contribution in [0.2, 0.25) is 0 Å². The van der Waals surface area contributed by atoms with Crippen molar-refractivity contribution in [2.75, 3.05) is 39.5 Å². The van der Waals surface area contributed by atoms with Crippen molar-refractivity contribution in [2.45, 2.75) is 44.8 Å². The lowest BCUT2D eigenvalue weighted by Gasteiger charge is -2.39. The first kappa shape index (κ1) is 14.8. The van der Waals surface area contributed by atoms with Crippen molar-refractivity contribution in [1.82, 2.24) is 10.2 Å². The van der Waals surface area contributed by atoms with Crippen molar-refractivity contribution < 1.29 is 14.3 Å². The molecule has 0 unspecified atom stereocenters. The SMILES string of the molecule is CC[C@]1(C)CN(CC(=O)NC2CCOCC2)CCO1. The van der Waals surface area contributed by atoms with Crippen molar-refractivity contribution >= 4 is 5.91 Å². The Bertz CT molecular complexity index is 305. The molecule has 19 heavy (non-hydrogen) atoms. The second-order valence-corrected chi connectivity index (χ2v) is 5.82. The van der Waals surface area contributed by atoms with E-state index in [9.17, 15) is 4.79 Å². The Kier molecular flexibility index (Phi) is 5.19. The van der Waals surface area contributed by atoms with Crippen LogP contribution in [0.4, 0.5) is 0 Å². The fourth-order valence-electron chi connectivity index (χ4n) is 2.69. The fraction of sp³-hybridized carbons (Fsp3) is 0.929. The van der Waals surface area contributed by atoms with E-state index < -0.39 is 0 Å². The van der Waals surface area contributed by atoms with Crippen LogP contribution in [-0.4, -0.2) is 61.9 Å². The zero-order valence-corrected chi connectivity index (χ0v) is 12.1. The van der Waals surface area contributed by atoms with E-state index >= 15 is 0 Å². The van der Waals surface area contributed by atoms with Crippen LogP contribution in [0, 0.1) is 0 Å². The van der Waals surface area contributed by atoms with Gasteiger partial charge < -0.3 is 14.8 Å². The predicted octanol–water partition coefficient (Wildman–Crippen LogP) is 0.783. The topological polar surface area (TPSA) is 50.8 Å². The number of hydrogen-bond donors (Lipinski definition) is 1. The summed E-state index contributed by atoms with van der Waals surface area (Å²) in [6, 6.07) is 0.292. The first-order valence-electron chi connectivity index (χ1n) is 7.35. The highest BCUT2D eigenvalue weighted by Crippen LogP contribution is 2.20. The average Bonchev–Trinajstić information content (AvgIpc) is 2.40. The molecule has 0 saturated carbocycles. The van der Waals surface area contributed by atoms with Gasteiger partial charge in [-0.25, -0.2) is 0 Å². The molecule has 1 atom stereocenters. The minimum absolute atomic E-state index is 0.1000. The maximum absolute atomic E-state index is 12.0. The van der Waals surface area contributed by atoms with E-state index in [0.717, 1.165) is 52.2 Å². The van der Waals surface area contributed by atoms with Gasteiger partial charge in [0.25, 0.3) is 0 Å². The summed E-state index contributed by atoms with van der Waals surface area (Å²) in [5, 5.41) is 3.11. The van der Waals surface area contributed by atoms with Crippen LogP contribution in [0.1, 0.15) is 33.1 Å². The molecule has 2 rings (SSSR count). The van der Waals surface area contributed by atoms with E-state index in [2.05, 4.69) is 24.1 Å². The van der Waals surface area contributed by atoms with Crippen LogP contribution in [-0.2, 0) is 14.3 Å².